The molecule has 2 atom stereocenters. The zero-order valence-electron chi connectivity index (χ0n) is 7.57. The number of rotatable bonds is 0. The first-order valence-electron chi connectivity index (χ1n) is 4.23. The normalized spacial score (nSPS) is 28.8. The lowest BCUT2D eigenvalue weighted by Crippen LogP contribution is -2.23. The monoisotopic (exact) mass is 275 g/mol. The van der Waals surface area contributed by atoms with Crippen LogP contribution in [0.15, 0.2) is 27.6 Å². The first kappa shape index (κ1) is 10.1. The van der Waals surface area contributed by atoms with Crippen molar-refractivity contribution in [2.24, 2.45) is 5.73 Å². The van der Waals surface area contributed by atoms with Gasteiger partial charge in [0.1, 0.15) is 0 Å². The van der Waals surface area contributed by atoms with E-state index in [1.165, 1.54) is 0 Å². The van der Waals surface area contributed by atoms with Gasteiger partial charge in [-0.25, -0.2) is 8.42 Å². The molecule has 2 rings (SSSR count). The molecule has 14 heavy (non-hydrogen) atoms. The molecule has 0 spiro atoms. The van der Waals surface area contributed by atoms with E-state index in [0.29, 0.717) is 10.5 Å². The Balaban J connectivity index is 2.75. The largest absolute Gasteiger partial charge is 0.323 e. The Morgan fingerprint density at radius 1 is 1.43 bits per heavy atom. The van der Waals surface area contributed by atoms with E-state index in [0.717, 1.165) is 4.47 Å². The fraction of sp³-hybridized carbons (Fsp3) is 0.333. The molecular formula is C9H10BrNO2S. The van der Waals surface area contributed by atoms with Crippen molar-refractivity contribution in [2.45, 2.75) is 23.1 Å². The molecule has 0 bridgehead atoms. The van der Waals surface area contributed by atoms with Crippen molar-refractivity contribution in [1.82, 2.24) is 0 Å². The minimum absolute atomic E-state index is 0.376. The third-order valence-corrected chi connectivity index (χ3v) is 5.38. The smallest absolute Gasteiger partial charge is 0.183 e. The molecule has 0 radical (unpaired) electrons. The zero-order chi connectivity index (χ0) is 10.5. The van der Waals surface area contributed by atoms with Crippen molar-refractivity contribution in [1.29, 1.82) is 0 Å². The molecule has 5 heteroatoms. The highest BCUT2D eigenvalue weighted by Crippen LogP contribution is 2.38. The van der Waals surface area contributed by atoms with Gasteiger partial charge in [0.25, 0.3) is 0 Å². The fourth-order valence-corrected chi connectivity index (χ4v) is 3.78. The summed E-state index contributed by atoms with van der Waals surface area (Å²) >= 11 is 3.30. The highest BCUT2D eigenvalue weighted by Gasteiger charge is 2.39. The van der Waals surface area contributed by atoms with Crippen molar-refractivity contribution in [3.8, 4) is 0 Å². The van der Waals surface area contributed by atoms with E-state index >= 15 is 0 Å². The number of hydrogen-bond acceptors (Lipinski definition) is 3. The van der Waals surface area contributed by atoms with Crippen LogP contribution in [0, 0.1) is 0 Å². The average molecular weight is 276 g/mol. The molecule has 0 fully saturated rings. The van der Waals surface area contributed by atoms with Gasteiger partial charge in [-0.3, -0.25) is 0 Å². The molecule has 1 aliphatic heterocycles. The number of nitrogens with two attached hydrogens (primary N) is 1. The summed E-state index contributed by atoms with van der Waals surface area (Å²) in [5.41, 5.74) is 6.55. The van der Waals surface area contributed by atoms with Crippen molar-refractivity contribution in [3.05, 3.63) is 28.2 Å². The predicted octanol–water partition coefficient (Wildman–Crippen LogP) is 1.62. The summed E-state index contributed by atoms with van der Waals surface area (Å²) in [6.45, 7) is 1.65. The Labute approximate surface area is 91.4 Å². The molecule has 2 N–H and O–H groups in total. The van der Waals surface area contributed by atoms with E-state index in [9.17, 15) is 8.42 Å². The first-order chi connectivity index (χ1) is 6.44. The maximum Gasteiger partial charge on any atom is 0.183 e. The van der Waals surface area contributed by atoms with Crippen LogP contribution in [0.3, 0.4) is 0 Å². The minimum Gasteiger partial charge on any atom is -0.323 e. The second kappa shape index (κ2) is 3.05. The van der Waals surface area contributed by atoms with Crippen molar-refractivity contribution >= 4 is 25.8 Å². The van der Waals surface area contributed by atoms with E-state index in [4.69, 9.17) is 5.73 Å². The van der Waals surface area contributed by atoms with Gasteiger partial charge in [0.05, 0.1) is 10.1 Å². The van der Waals surface area contributed by atoms with E-state index in [2.05, 4.69) is 15.9 Å². The molecule has 0 saturated heterocycles. The van der Waals surface area contributed by atoms with Crippen molar-refractivity contribution in [3.63, 3.8) is 0 Å². The van der Waals surface area contributed by atoms with Gasteiger partial charge in [0.2, 0.25) is 0 Å². The van der Waals surface area contributed by atoms with Crippen molar-refractivity contribution < 1.29 is 8.42 Å². The predicted molar refractivity (Wildman–Crippen MR) is 57.7 cm³/mol. The third kappa shape index (κ3) is 1.23. The van der Waals surface area contributed by atoms with Crippen LogP contribution in [0.5, 0.6) is 0 Å². The van der Waals surface area contributed by atoms with Gasteiger partial charge < -0.3 is 5.73 Å². The first-order valence-corrected chi connectivity index (χ1v) is 6.57. The highest BCUT2D eigenvalue weighted by atomic mass is 79.9. The molecule has 1 aliphatic rings. The molecule has 0 aromatic heterocycles. The molecule has 1 aromatic carbocycles. The molecule has 2 unspecified atom stereocenters. The Bertz CT molecular complexity index is 484. The number of fused-ring (bicyclic) bond motifs is 1. The van der Waals surface area contributed by atoms with Crippen LogP contribution in [-0.2, 0) is 9.84 Å². The van der Waals surface area contributed by atoms with E-state index < -0.39 is 21.1 Å². The van der Waals surface area contributed by atoms with Gasteiger partial charge >= 0.3 is 0 Å². The van der Waals surface area contributed by atoms with Gasteiger partial charge in [-0.2, -0.15) is 0 Å². The highest BCUT2D eigenvalue weighted by molar-refractivity contribution is 9.10. The summed E-state index contributed by atoms with van der Waals surface area (Å²) in [5.74, 6) is 0. The molecule has 76 valence electrons. The van der Waals surface area contributed by atoms with Crippen LogP contribution in [0.2, 0.25) is 0 Å². The van der Waals surface area contributed by atoms with Crippen LogP contribution in [-0.4, -0.2) is 13.7 Å². The quantitative estimate of drug-likeness (QED) is 0.783. The lowest BCUT2D eigenvalue weighted by Gasteiger charge is -2.07. The van der Waals surface area contributed by atoms with E-state index in [-0.39, 0.29) is 0 Å². The number of benzene rings is 1. The van der Waals surface area contributed by atoms with Crippen molar-refractivity contribution in [2.75, 3.05) is 0 Å². The van der Waals surface area contributed by atoms with Gasteiger partial charge in [-0.05, 0) is 30.7 Å². The molecule has 1 heterocycles. The van der Waals surface area contributed by atoms with Gasteiger partial charge in [0, 0.05) is 10.5 Å². The van der Waals surface area contributed by atoms with E-state index in [1.54, 1.807) is 25.1 Å². The Morgan fingerprint density at radius 2 is 2.07 bits per heavy atom. The minimum atomic E-state index is -3.20. The summed E-state index contributed by atoms with van der Waals surface area (Å²) in [5, 5.41) is -0.521. The molecule has 1 aromatic rings. The fourth-order valence-electron chi connectivity index (χ4n) is 1.69. The third-order valence-electron chi connectivity index (χ3n) is 2.63. The summed E-state index contributed by atoms with van der Waals surface area (Å²) in [6, 6.07) is 4.70. The van der Waals surface area contributed by atoms with E-state index in [1.807, 2.05) is 0 Å². The molecule has 0 saturated carbocycles. The van der Waals surface area contributed by atoms with Crippen LogP contribution in [0.25, 0.3) is 0 Å². The van der Waals surface area contributed by atoms with Crippen LogP contribution in [0.1, 0.15) is 18.5 Å². The lowest BCUT2D eigenvalue weighted by atomic mass is 10.1. The number of halogens is 1. The summed E-state index contributed by atoms with van der Waals surface area (Å²) in [4.78, 5) is 0.376. The Kier molecular flexibility index (Phi) is 2.21. The molecule has 0 aliphatic carbocycles. The van der Waals surface area contributed by atoms with Crippen LogP contribution >= 0.6 is 15.9 Å². The molecule has 3 nitrogen and oxygen atoms in total. The second-order valence-electron chi connectivity index (χ2n) is 3.46. The number of hydrogen-bond donors (Lipinski definition) is 1. The van der Waals surface area contributed by atoms with Gasteiger partial charge in [-0.15, -0.1) is 0 Å². The SMILES string of the molecule is CC1C(N)c2cc(Br)ccc2S1(=O)=O. The average Bonchev–Trinajstić information content (AvgIpc) is 2.28. The number of sulfone groups is 1. The molecule has 0 amide bonds. The standard InChI is InChI=1S/C9H10BrNO2S/c1-5-9(11)7-4-6(10)2-3-8(7)14(5,12)13/h2-5,9H,11H2,1H3. The second-order valence-corrected chi connectivity index (χ2v) is 6.65. The van der Waals surface area contributed by atoms with Crippen LogP contribution in [0.4, 0.5) is 0 Å². The summed E-state index contributed by atoms with van der Waals surface area (Å²) < 4.78 is 24.5. The lowest BCUT2D eigenvalue weighted by molar-refractivity contribution is 0.581. The summed E-state index contributed by atoms with van der Waals surface area (Å²) in [7, 11) is -3.20. The maximum absolute atomic E-state index is 11.8. The Hall–Kier alpha value is -0.390. The van der Waals surface area contributed by atoms with Crippen LogP contribution < -0.4 is 5.73 Å². The zero-order valence-corrected chi connectivity index (χ0v) is 9.97. The van der Waals surface area contributed by atoms with Gasteiger partial charge in [0.15, 0.2) is 9.84 Å². The Morgan fingerprint density at radius 3 is 2.71 bits per heavy atom. The maximum atomic E-state index is 11.8. The van der Waals surface area contributed by atoms with Gasteiger partial charge in [-0.1, -0.05) is 15.9 Å². The topological polar surface area (TPSA) is 60.2 Å². The summed E-state index contributed by atoms with van der Waals surface area (Å²) in [6.07, 6.45) is 0. The molecular weight excluding hydrogens is 266 g/mol.